The third-order valence-corrected chi connectivity index (χ3v) is 5.69. The number of hydrogen-bond donors (Lipinski definition) is 5. The highest BCUT2D eigenvalue weighted by atomic mass is 19.4. The maximum atomic E-state index is 14.2. The van der Waals surface area contributed by atoms with Gasteiger partial charge in [0.15, 0.2) is 5.82 Å². The van der Waals surface area contributed by atoms with Gasteiger partial charge >= 0.3 is 12.2 Å². The number of aromatic nitrogens is 1. The van der Waals surface area contributed by atoms with Crippen LogP contribution in [0, 0.1) is 5.82 Å². The molecule has 0 saturated carbocycles. The van der Waals surface area contributed by atoms with Crippen LogP contribution < -0.4 is 21.3 Å². The van der Waals surface area contributed by atoms with Crippen molar-refractivity contribution >= 4 is 52.0 Å². The molecule has 3 aromatic carbocycles. The first kappa shape index (κ1) is 24.6. The van der Waals surface area contributed by atoms with Gasteiger partial charge in [-0.2, -0.15) is 13.2 Å². The second kappa shape index (κ2) is 9.77. The molecule has 0 saturated heterocycles. The second-order valence-electron chi connectivity index (χ2n) is 8.35. The van der Waals surface area contributed by atoms with E-state index in [4.69, 9.17) is 0 Å². The smallest absolute Gasteiger partial charge is 0.362 e. The summed E-state index contributed by atoms with van der Waals surface area (Å²) in [5, 5.41) is 10.6. The lowest BCUT2D eigenvalue weighted by Gasteiger charge is -2.13. The minimum absolute atomic E-state index is 0.221. The molecule has 1 aliphatic rings. The predicted molar refractivity (Wildman–Crippen MR) is 138 cm³/mol. The van der Waals surface area contributed by atoms with Crippen molar-refractivity contribution < 1.29 is 27.2 Å². The summed E-state index contributed by atoms with van der Waals surface area (Å²) in [6.07, 6.45) is -1.36. The highest BCUT2D eigenvalue weighted by Gasteiger charge is 2.35. The number of halogens is 4. The molecule has 0 unspecified atom stereocenters. The van der Waals surface area contributed by atoms with Gasteiger partial charge in [-0.05, 0) is 60.7 Å². The zero-order valence-electron chi connectivity index (χ0n) is 19.4. The topological polar surface area (TPSA) is 98.1 Å². The Morgan fingerprint density at radius 3 is 2.39 bits per heavy atom. The molecule has 0 spiro atoms. The van der Waals surface area contributed by atoms with Gasteiger partial charge in [0, 0.05) is 34.5 Å². The Hall–Kier alpha value is -5.06. The van der Waals surface area contributed by atoms with Gasteiger partial charge in [-0.25, -0.2) is 9.18 Å². The Balaban J connectivity index is 1.28. The van der Waals surface area contributed by atoms with Crippen LogP contribution in [-0.4, -0.2) is 16.9 Å². The van der Waals surface area contributed by atoms with Gasteiger partial charge in [-0.15, -0.1) is 0 Å². The summed E-state index contributed by atoms with van der Waals surface area (Å²) in [5.74, 6) is -1.79. The van der Waals surface area contributed by atoms with Gasteiger partial charge in [-0.1, -0.05) is 18.2 Å². The summed E-state index contributed by atoms with van der Waals surface area (Å²) in [7, 11) is 0. The third-order valence-electron chi connectivity index (χ3n) is 5.69. The van der Waals surface area contributed by atoms with Gasteiger partial charge in [0.25, 0.3) is 5.91 Å². The lowest BCUT2D eigenvalue weighted by molar-refractivity contribution is -0.139. The van der Waals surface area contributed by atoms with Crippen LogP contribution >= 0.6 is 0 Å². The summed E-state index contributed by atoms with van der Waals surface area (Å²) in [6, 6.07) is 17.3. The lowest BCUT2D eigenvalue weighted by Crippen LogP contribution is -2.21. The van der Waals surface area contributed by atoms with E-state index < -0.39 is 29.3 Å². The lowest BCUT2D eigenvalue weighted by atomic mass is 10.1. The quantitative estimate of drug-likeness (QED) is 0.144. The number of rotatable bonds is 5. The fraction of sp³-hybridized carbons (Fsp3) is 0.0370. The fourth-order valence-electron chi connectivity index (χ4n) is 3.98. The average Bonchev–Trinajstić information content (AvgIpc) is 3.47. The maximum absolute atomic E-state index is 14.2. The molecule has 0 radical (unpaired) electrons. The molecule has 3 amide bonds. The van der Waals surface area contributed by atoms with Gasteiger partial charge in [0.1, 0.15) is 0 Å². The average molecular weight is 521 g/mol. The van der Waals surface area contributed by atoms with Crippen molar-refractivity contribution in [1.82, 2.24) is 4.98 Å². The molecule has 1 aliphatic heterocycles. The number of urea groups is 1. The molecule has 38 heavy (non-hydrogen) atoms. The van der Waals surface area contributed by atoms with Crippen molar-refractivity contribution in [1.29, 1.82) is 0 Å². The first-order chi connectivity index (χ1) is 18.2. The SMILES string of the molecule is O=C(Nc1cccc(Nc2ccc3c(c2)NC(=O)/C3=C\c2ccc[nH]2)c1)Nc1cccc(C(F)(F)F)c1F. The number of aromatic amines is 1. The van der Waals surface area contributed by atoms with Crippen LogP contribution in [0.3, 0.4) is 0 Å². The summed E-state index contributed by atoms with van der Waals surface area (Å²) in [6.45, 7) is 0. The van der Waals surface area contributed by atoms with E-state index in [1.807, 2.05) is 18.2 Å². The zero-order valence-corrected chi connectivity index (χ0v) is 19.4. The summed E-state index contributed by atoms with van der Waals surface area (Å²) in [4.78, 5) is 27.8. The third kappa shape index (κ3) is 5.21. The van der Waals surface area contributed by atoms with Gasteiger partial charge < -0.3 is 26.3 Å². The number of H-pyrrole nitrogens is 1. The number of alkyl halides is 3. The van der Waals surface area contributed by atoms with Crippen molar-refractivity contribution in [2.45, 2.75) is 6.18 Å². The highest BCUT2D eigenvalue weighted by Crippen LogP contribution is 2.36. The van der Waals surface area contributed by atoms with E-state index in [0.29, 0.717) is 34.4 Å². The van der Waals surface area contributed by atoms with E-state index in [1.165, 1.54) is 0 Å². The monoisotopic (exact) mass is 521 g/mol. The molecule has 192 valence electrons. The largest absolute Gasteiger partial charge is 0.419 e. The normalized spacial score (nSPS) is 13.7. The molecule has 0 fully saturated rings. The molecule has 7 nitrogen and oxygen atoms in total. The predicted octanol–water partition coefficient (Wildman–Crippen LogP) is 7.05. The van der Waals surface area contributed by atoms with E-state index in [2.05, 4.69) is 26.3 Å². The van der Waals surface area contributed by atoms with Crippen LogP contribution in [-0.2, 0) is 11.0 Å². The Kier molecular flexibility index (Phi) is 6.33. The van der Waals surface area contributed by atoms with Crippen molar-refractivity contribution in [3.63, 3.8) is 0 Å². The van der Waals surface area contributed by atoms with E-state index in [1.54, 1.807) is 48.7 Å². The molecule has 11 heteroatoms. The molecule has 1 aromatic heterocycles. The van der Waals surface area contributed by atoms with E-state index in [-0.39, 0.29) is 5.91 Å². The number of fused-ring (bicyclic) bond motifs is 1. The van der Waals surface area contributed by atoms with Crippen LogP contribution in [0.2, 0.25) is 0 Å². The van der Waals surface area contributed by atoms with E-state index >= 15 is 0 Å². The Labute approximate surface area is 213 Å². The van der Waals surface area contributed by atoms with Crippen molar-refractivity contribution in [2.75, 3.05) is 21.3 Å². The number of carbonyl (C=O) groups excluding carboxylic acids is 2. The Morgan fingerprint density at radius 1 is 0.868 bits per heavy atom. The molecule has 4 aromatic rings. The molecule has 2 heterocycles. The second-order valence-corrected chi connectivity index (χ2v) is 8.35. The summed E-state index contributed by atoms with van der Waals surface area (Å²) >= 11 is 0. The zero-order chi connectivity index (χ0) is 26.9. The molecular formula is C27H19F4N5O2. The van der Waals surface area contributed by atoms with Crippen molar-refractivity contribution in [3.8, 4) is 0 Å². The van der Waals surface area contributed by atoms with Crippen molar-refractivity contribution in [2.24, 2.45) is 0 Å². The minimum atomic E-state index is -4.89. The molecule has 0 bridgehead atoms. The van der Waals surface area contributed by atoms with Crippen LogP contribution in [0.5, 0.6) is 0 Å². The fourth-order valence-corrected chi connectivity index (χ4v) is 3.98. The first-order valence-electron chi connectivity index (χ1n) is 11.3. The molecule has 0 aliphatic carbocycles. The molecule has 0 atom stereocenters. The number of hydrogen-bond acceptors (Lipinski definition) is 3. The minimum Gasteiger partial charge on any atom is -0.362 e. The number of benzene rings is 3. The summed E-state index contributed by atoms with van der Waals surface area (Å²) < 4.78 is 53.0. The summed E-state index contributed by atoms with van der Waals surface area (Å²) in [5.41, 5.74) is 2.20. The Morgan fingerprint density at radius 2 is 1.63 bits per heavy atom. The molecular weight excluding hydrogens is 502 g/mol. The van der Waals surface area contributed by atoms with Crippen LogP contribution in [0.1, 0.15) is 16.8 Å². The number of nitrogens with one attached hydrogen (secondary N) is 5. The van der Waals surface area contributed by atoms with E-state index in [9.17, 15) is 27.2 Å². The van der Waals surface area contributed by atoms with Gasteiger partial charge in [0.05, 0.1) is 22.5 Å². The number of anilines is 5. The van der Waals surface area contributed by atoms with E-state index in [0.717, 1.165) is 23.4 Å². The number of carbonyl (C=O) groups is 2. The van der Waals surface area contributed by atoms with Gasteiger partial charge in [-0.3, -0.25) is 4.79 Å². The highest BCUT2D eigenvalue weighted by molar-refractivity contribution is 6.35. The van der Waals surface area contributed by atoms with Crippen molar-refractivity contribution in [3.05, 3.63) is 102 Å². The van der Waals surface area contributed by atoms with Crippen LogP contribution in [0.25, 0.3) is 11.6 Å². The first-order valence-corrected chi connectivity index (χ1v) is 11.3. The molecule has 5 rings (SSSR count). The van der Waals surface area contributed by atoms with Crippen LogP contribution in [0.15, 0.2) is 79.0 Å². The standard InChI is InChI=1S/C27H19F4N5O2/c28-24-21(27(29,30)31)7-2-8-22(24)36-26(38)34-17-5-1-4-16(12-17)33-18-9-10-19-20(13-15-6-3-11-32-15)25(37)35-23(19)14-18/h1-14,32-33H,(H,35,37)(H2,34,36,38)/b20-13-. The van der Waals surface area contributed by atoms with Gasteiger partial charge in [0.2, 0.25) is 0 Å². The molecule has 5 N–H and O–H groups in total. The van der Waals surface area contributed by atoms with Crippen LogP contribution in [0.4, 0.5) is 50.8 Å². The maximum Gasteiger partial charge on any atom is 0.419 e. The number of amides is 3. The Bertz CT molecular complexity index is 1560.